The minimum Gasteiger partial charge on any atom is -0.380 e. The van der Waals surface area contributed by atoms with E-state index in [1.165, 1.54) is 12.8 Å². The number of anilines is 2. The van der Waals surface area contributed by atoms with Gasteiger partial charge in [0, 0.05) is 31.6 Å². The molecule has 1 aromatic rings. The Morgan fingerprint density at radius 1 is 1.21 bits per heavy atom. The van der Waals surface area contributed by atoms with Crippen LogP contribution in [0.15, 0.2) is 52.1 Å². The zero-order chi connectivity index (χ0) is 23.6. The van der Waals surface area contributed by atoms with Crippen LogP contribution in [-0.4, -0.2) is 48.1 Å². The first-order valence-corrected chi connectivity index (χ1v) is 11.8. The molecule has 8 nitrogen and oxygen atoms in total. The van der Waals surface area contributed by atoms with Crippen molar-refractivity contribution in [1.82, 2.24) is 15.3 Å². The van der Waals surface area contributed by atoms with Gasteiger partial charge in [-0.2, -0.15) is 0 Å². The third kappa shape index (κ3) is 6.74. The van der Waals surface area contributed by atoms with Gasteiger partial charge in [-0.1, -0.05) is 18.7 Å². The molecule has 1 aliphatic carbocycles. The Labute approximate surface area is 197 Å². The van der Waals surface area contributed by atoms with Gasteiger partial charge in [-0.05, 0) is 52.9 Å². The van der Waals surface area contributed by atoms with Crippen LogP contribution in [-0.2, 0) is 4.74 Å². The standard InChI is InChI=1S/C25H37N7O/c1-6-26-17(3)23(27-7-2)18(4)28-12-8-9-13-29-24-22-19(5)33-15-20-10-11-21(14-20)32-25(22)31-16-30-24/h6-9,16,19-21,28H,4,10-15H2,1-3,5H3,(H2,29,30,31,32)/b9-8+,23-17+,26-6?,27-7?/t19?,20-,21+/m1/s1. The minimum absolute atomic E-state index is 0.0668. The average Bonchev–Trinajstić information content (AvgIpc) is 3.27. The average molecular weight is 452 g/mol. The summed E-state index contributed by atoms with van der Waals surface area (Å²) in [6.45, 7) is 13.9. The number of rotatable bonds is 9. The second-order valence-corrected chi connectivity index (χ2v) is 8.40. The summed E-state index contributed by atoms with van der Waals surface area (Å²) < 4.78 is 6.19. The van der Waals surface area contributed by atoms with Gasteiger partial charge in [0.15, 0.2) is 0 Å². The first-order chi connectivity index (χ1) is 16.0. The highest BCUT2D eigenvalue weighted by Crippen LogP contribution is 2.36. The third-order valence-corrected chi connectivity index (χ3v) is 5.95. The van der Waals surface area contributed by atoms with Crippen LogP contribution < -0.4 is 16.0 Å². The summed E-state index contributed by atoms with van der Waals surface area (Å²) in [5, 5.41) is 10.3. The zero-order valence-corrected chi connectivity index (χ0v) is 20.3. The van der Waals surface area contributed by atoms with E-state index in [9.17, 15) is 0 Å². The highest BCUT2D eigenvalue weighted by molar-refractivity contribution is 5.60. The van der Waals surface area contributed by atoms with Crippen LogP contribution in [0.1, 0.15) is 58.6 Å². The molecular weight excluding hydrogens is 414 g/mol. The summed E-state index contributed by atoms with van der Waals surface area (Å²) in [7, 11) is 0. The number of nitrogens with one attached hydrogen (secondary N) is 3. The quantitative estimate of drug-likeness (QED) is 0.288. The molecule has 3 N–H and O–H groups in total. The molecule has 0 amide bonds. The van der Waals surface area contributed by atoms with Gasteiger partial charge in [-0.3, -0.25) is 9.98 Å². The lowest BCUT2D eigenvalue weighted by molar-refractivity contribution is 0.0418. The van der Waals surface area contributed by atoms with E-state index in [4.69, 9.17) is 4.74 Å². The van der Waals surface area contributed by atoms with E-state index in [0.717, 1.165) is 47.3 Å². The van der Waals surface area contributed by atoms with Gasteiger partial charge < -0.3 is 20.7 Å². The molecule has 1 saturated carbocycles. The summed E-state index contributed by atoms with van der Waals surface area (Å²) in [5.41, 5.74) is 3.33. The number of ether oxygens (including phenoxy) is 1. The Bertz CT molecular complexity index is 935. The van der Waals surface area contributed by atoms with Crippen molar-refractivity contribution in [2.75, 3.05) is 30.3 Å². The molecule has 8 heteroatoms. The SMILES string of the molecule is C=C(NC/C=C/CNc1ncnc2c1C(C)OC[C@@H]1CC[C@@H](C1)N2)/C(N=CC)=C(/C)N=CC. The molecule has 0 aromatic carbocycles. The van der Waals surface area contributed by atoms with Crippen molar-refractivity contribution in [3.8, 4) is 0 Å². The molecule has 3 rings (SSSR count). The molecule has 178 valence electrons. The molecule has 2 aliphatic rings. The largest absolute Gasteiger partial charge is 0.380 e. The van der Waals surface area contributed by atoms with E-state index >= 15 is 0 Å². The van der Waals surface area contributed by atoms with Gasteiger partial charge in [0.2, 0.25) is 0 Å². The van der Waals surface area contributed by atoms with Crippen LogP contribution in [0.25, 0.3) is 0 Å². The van der Waals surface area contributed by atoms with Crippen molar-refractivity contribution in [3.05, 3.63) is 47.7 Å². The van der Waals surface area contributed by atoms with Crippen molar-refractivity contribution in [3.63, 3.8) is 0 Å². The molecule has 0 spiro atoms. The van der Waals surface area contributed by atoms with Crippen LogP contribution in [0.3, 0.4) is 0 Å². The van der Waals surface area contributed by atoms with Gasteiger partial charge in [0.1, 0.15) is 23.7 Å². The van der Waals surface area contributed by atoms with Gasteiger partial charge >= 0.3 is 0 Å². The maximum atomic E-state index is 6.19. The lowest BCUT2D eigenvalue weighted by atomic mass is 10.1. The molecule has 1 unspecified atom stereocenters. The Morgan fingerprint density at radius 3 is 2.79 bits per heavy atom. The van der Waals surface area contributed by atoms with E-state index in [2.05, 4.69) is 61.6 Å². The Hall–Kier alpha value is -3.00. The fraction of sp³-hybridized carbons (Fsp3) is 0.520. The lowest BCUT2D eigenvalue weighted by Crippen LogP contribution is -2.19. The molecule has 1 aliphatic heterocycles. The van der Waals surface area contributed by atoms with Crippen LogP contribution in [0.4, 0.5) is 11.6 Å². The Morgan fingerprint density at radius 2 is 2.00 bits per heavy atom. The molecule has 2 heterocycles. The zero-order valence-electron chi connectivity index (χ0n) is 20.3. The van der Waals surface area contributed by atoms with Crippen molar-refractivity contribution >= 4 is 24.1 Å². The van der Waals surface area contributed by atoms with Gasteiger partial charge in [-0.25, -0.2) is 9.97 Å². The maximum absolute atomic E-state index is 6.19. The highest BCUT2D eigenvalue weighted by atomic mass is 16.5. The van der Waals surface area contributed by atoms with Crippen molar-refractivity contribution in [1.29, 1.82) is 0 Å². The van der Waals surface area contributed by atoms with E-state index in [0.29, 0.717) is 25.0 Å². The lowest BCUT2D eigenvalue weighted by Gasteiger charge is -2.21. The van der Waals surface area contributed by atoms with Gasteiger partial charge in [0.25, 0.3) is 0 Å². The number of fused-ring (bicyclic) bond motifs is 3. The molecule has 1 aromatic heterocycles. The predicted molar refractivity (Wildman–Crippen MR) is 137 cm³/mol. The Kier molecular flexibility index (Phi) is 9.18. The van der Waals surface area contributed by atoms with E-state index < -0.39 is 0 Å². The fourth-order valence-corrected chi connectivity index (χ4v) is 4.31. The number of allylic oxidation sites excluding steroid dienone is 1. The van der Waals surface area contributed by atoms with Gasteiger partial charge in [0.05, 0.1) is 29.7 Å². The van der Waals surface area contributed by atoms with Crippen LogP contribution in [0.2, 0.25) is 0 Å². The number of aliphatic imine (C=N–C) groups is 2. The maximum Gasteiger partial charge on any atom is 0.137 e. The number of aromatic nitrogens is 2. The summed E-state index contributed by atoms with van der Waals surface area (Å²) in [6.07, 6.45) is 12.7. The van der Waals surface area contributed by atoms with E-state index in [1.807, 2.05) is 20.8 Å². The first-order valence-electron chi connectivity index (χ1n) is 11.8. The smallest absolute Gasteiger partial charge is 0.137 e. The second-order valence-electron chi connectivity index (χ2n) is 8.40. The Balaban J connectivity index is 1.57. The normalized spacial score (nSPS) is 23.6. The monoisotopic (exact) mass is 451 g/mol. The molecular formula is C25H37N7O. The van der Waals surface area contributed by atoms with E-state index in [1.54, 1.807) is 18.8 Å². The van der Waals surface area contributed by atoms with Crippen LogP contribution >= 0.6 is 0 Å². The fourth-order valence-electron chi connectivity index (χ4n) is 4.31. The van der Waals surface area contributed by atoms with Crippen LogP contribution in [0, 0.1) is 5.92 Å². The molecule has 33 heavy (non-hydrogen) atoms. The van der Waals surface area contributed by atoms with E-state index in [-0.39, 0.29) is 6.10 Å². The summed E-state index contributed by atoms with van der Waals surface area (Å²) >= 11 is 0. The van der Waals surface area contributed by atoms with Crippen molar-refractivity contribution < 1.29 is 4.74 Å². The summed E-state index contributed by atoms with van der Waals surface area (Å²) in [5.74, 6) is 2.33. The summed E-state index contributed by atoms with van der Waals surface area (Å²) in [6, 6.07) is 0.465. The summed E-state index contributed by atoms with van der Waals surface area (Å²) in [4.78, 5) is 17.7. The molecule has 0 radical (unpaired) electrons. The number of nitrogens with zero attached hydrogens (tertiary/aromatic N) is 4. The minimum atomic E-state index is -0.0668. The second kappa shape index (κ2) is 12.3. The third-order valence-electron chi connectivity index (χ3n) is 5.95. The highest BCUT2D eigenvalue weighted by Gasteiger charge is 2.30. The molecule has 2 bridgehead atoms. The van der Waals surface area contributed by atoms with Gasteiger partial charge in [-0.15, -0.1) is 0 Å². The van der Waals surface area contributed by atoms with Crippen molar-refractivity contribution in [2.45, 2.75) is 59.1 Å². The number of hydrogen-bond donors (Lipinski definition) is 3. The molecule has 1 fully saturated rings. The molecule has 3 atom stereocenters. The molecule has 0 saturated heterocycles. The predicted octanol–water partition coefficient (Wildman–Crippen LogP) is 4.63. The first kappa shape index (κ1) is 24.6. The van der Waals surface area contributed by atoms with Crippen molar-refractivity contribution in [2.24, 2.45) is 15.9 Å². The van der Waals surface area contributed by atoms with Crippen LogP contribution in [0.5, 0.6) is 0 Å². The number of hydrogen-bond acceptors (Lipinski definition) is 8. The topological polar surface area (TPSA) is 95.8 Å².